The van der Waals surface area contributed by atoms with Gasteiger partial charge < -0.3 is 24.2 Å². The molecule has 0 amide bonds. The largest absolute Gasteiger partial charge is 0.508 e. The van der Waals surface area contributed by atoms with E-state index in [1.807, 2.05) is 36.9 Å². The lowest BCUT2D eigenvalue weighted by Crippen LogP contribution is -2.35. The summed E-state index contributed by atoms with van der Waals surface area (Å²) < 4.78 is 15.9. The number of benzene rings is 2. The van der Waals surface area contributed by atoms with Crippen molar-refractivity contribution in [1.82, 2.24) is 0 Å². The molecule has 0 aliphatic heterocycles. The SMILES string of the molecule is COCC(CN(c1cc(O)cc(OC)c1)c1ccc(C)c(C)c1)OC(C)=O. The second-order valence-corrected chi connectivity index (χ2v) is 6.46. The summed E-state index contributed by atoms with van der Waals surface area (Å²) in [5.41, 5.74) is 3.96. The van der Waals surface area contributed by atoms with Crippen LogP contribution in [0.1, 0.15) is 18.1 Å². The maximum atomic E-state index is 11.5. The summed E-state index contributed by atoms with van der Waals surface area (Å²) in [5, 5.41) is 10.1. The Bertz CT molecular complexity index is 790. The van der Waals surface area contributed by atoms with Crippen molar-refractivity contribution < 1.29 is 24.1 Å². The maximum absolute atomic E-state index is 11.5. The van der Waals surface area contributed by atoms with Crippen molar-refractivity contribution in [2.24, 2.45) is 0 Å². The molecule has 0 aromatic heterocycles. The number of nitrogens with zero attached hydrogens (tertiary/aromatic N) is 1. The second-order valence-electron chi connectivity index (χ2n) is 6.46. The van der Waals surface area contributed by atoms with Crippen molar-refractivity contribution in [2.75, 3.05) is 32.3 Å². The smallest absolute Gasteiger partial charge is 0.303 e. The van der Waals surface area contributed by atoms with Crippen molar-refractivity contribution in [2.45, 2.75) is 26.9 Å². The summed E-state index contributed by atoms with van der Waals surface area (Å²) in [4.78, 5) is 13.5. The zero-order valence-electron chi connectivity index (χ0n) is 16.5. The first-order valence-electron chi connectivity index (χ1n) is 8.73. The van der Waals surface area contributed by atoms with Crippen LogP contribution in [-0.2, 0) is 14.3 Å². The average molecular weight is 373 g/mol. The van der Waals surface area contributed by atoms with E-state index in [4.69, 9.17) is 14.2 Å². The number of rotatable bonds is 8. The molecule has 0 heterocycles. The van der Waals surface area contributed by atoms with Crippen LogP contribution in [0, 0.1) is 13.8 Å². The Kier molecular flexibility index (Phi) is 7.07. The van der Waals surface area contributed by atoms with E-state index in [2.05, 4.69) is 6.07 Å². The van der Waals surface area contributed by atoms with Gasteiger partial charge in [-0.15, -0.1) is 0 Å². The van der Waals surface area contributed by atoms with Gasteiger partial charge in [-0.3, -0.25) is 4.79 Å². The van der Waals surface area contributed by atoms with Crippen LogP contribution >= 0.6 is 0 Å². The molecular weight excluding hydrogens is 346 g/mol. The number of phenols is 1. The molecule has 0 spiro atoms. The van der Waals surface area contributed by atoms with Gasteiger partial charge in [0.25, 0.3) is 0 Å². The number of aryl methyl sites for hydroxylation is 2. The van der Waals surface area contributed by atoms with E-state index in [9.17, 15) is 9.90 Å². The maximum Gasteiger partial charge on any atom is 0.303 e. The van der Waals surface area contributed by atoms with E-state index in [1.54, 1.807) is 26.4 Å². The minimum absolute atomic E-state index is 0.0916. The van der Waals surface area contributed by atoms with Crippen LogP contribution in [0.4, 0.5) is 11.4 Å². The highest BCUT2D eigenvalue weighted by Gasteiger charge is 2.20. The third-order valence-corrected chi connectivity index (χ3v) is 4.30. The fraction of sp³-hybridized carbons (Fsp3) is 0.381. The Labute approximate surface area is 160 Å². The van der Waals surface area contributed by atoms with E-state index >= 15 is 0 Å². The minimum Gasteiger partial charge on any atom is -0.508 e. The molecule has 2 aromatic rings. The van der Waals surface area contributed by atoms with Gasteiger partial charge in [0.2, 0.25) is 0 Å². The molecule has 0 fully saturated rings. The summed E-state index contributed by atoms with van der Waals surface area (Å²) in [6, 6.07) is 11.1. The van der Waals surface area contributed by atoms with Crippen LogP contribution in [0.2, 0.25) is 0 Å². The number of hydrogen-bond donors (Lipinski definition) is 1. The van der Waals surface area contributed by atoms with Gasteiger partial charge in [-0.1, -0.05) is 6.07 Å². The van der Waals surface area contributed by atoms with Crippen LogP contribution in [0.15, 0.2) is 36.4 Å². The van der Waals surface area contributed by atoms with E-state index in [-0.39, 0.29) is 18.3 Å². The number of carbonyl (C=O) groups excluding carboxylic acids is 1. The van der Waals surface area contributed by atoms with Gasteiger partial charge in [0.05, 0.1) is 20.3 Å². The van der Waals surface area contributed by atoms with Crippen molar-refractivity contribution in [3.8, 4) is 11.5 Å². The Morgan fingerprint density at radius 1 is 1.07 bits per heavy atom. The molecule has 1 atom stereocenters. The monoisotopic (exact) mass is 373 g/mol. The molecule has 6 nitrogen and oxygen atoms in total. The molecule has 146 valence electrons. The first-order valence-corrected chi connectivity index (χ1v) is 8.73. The predicted octanol–water partition coefficient (Wildman–Crippen LogP) is 3.73. The Morgan fingerprint density at radius 2 is 1.81 bits per heavy atom. The van der Waals surface area contributed by atoms with Crippen molar-refractivity contribution in [3.63, 3.8) is 0 Å². The number of esters is 1. The van der Waals surface area contributed by atoms with Gasteiger partial charge in [-0.25, -0.2) is 0 Å². The van der Waals surface area contributed by atoms with Crippen molar-refractivity contribution in [3.05, 3.63) is 47.5 Å². The number of methoxy groups -OCH3 is 2. The lowest BCUT2D eigenvalue weighted by molar-refractivity contribution is -0.148. The number of hydrogen-bond acceptors (Lipinski definition) is 6. The van der Waals surface area contributed by atoms with E-state index in [1.165, 1.54) is 12.5 Å². The Morgan fingerprint density at radius 3 is 2.41 bits per heavy atom. The van der Waals surface area contributed by atoms with E-state index in [0.717, 1.165) is 16.9 Å². The van der Waals surface area contributed by atoms with Crippen LogP contribution in [0.25, 0.3) is 0 Å². The standard InChI is InChI=1S/C21H27NO5/c1-14-6-7-17(8-15(14)2)22(12-21(13-25-4)27-16(3)23)18-9-19(24)11-20(10-18)26-5/h6-11,21,24H,12-13H2,1-5H3. The normalized spacial score (nSPS) is 11.7. The molecular formula is C21H27NO5. The molecule has 27 heavy (non-hydrogen) atoms. The zero-order chi connectivity index (χ0) is 20.0. The lowest BCUT2D eigenvalue weighted by atomic mass is 10.1. The summed E-state index contributed by atoms with van der Waals surface area (Å²) >= 11 is 0. The van der Waals surface area contributed by atoms with Crippen LogP contribution in [-0.4, -0.2) is 44.6 Å². The topological polar surface area (TPSA) is 68.2 Å². The first-order chi connectivity index (χ1) is 12.8. The molecule has 0 saturated heterocycles. The van der Waals surface area contributed by atoms with Crippen LogP contribution < -0.4 is 9.64 Å². The summed E-state index contributed by atoms with van der Waals surface area (Å²) in [7, 11) is 3.11. The zero-order valence-corrected chi connectivity index (χ0v) is 16.5. The molecule has 1 unspecified atom stereocenters. The highest BCUT2D eigenvalue weighted by atomic mass is 16.6. The molecule has 1 N–H and O–H groups in total. The molecule has 2 rings (SSSR count). The third kappa shape index (κ3) is 5.62. The lowest BCUT2D eigenvalue weighted by Gasteiger charge is -2.30. The van der Waals surface area contributed by atoms with Gasteiger partial charge in [-0.2, -0.15) is 0 Å². The number of carbonyl (C=O) groups is 1. The quantitative estimate of drug-likeness (QED) is 0.711. The van der Waals surface area contributed by atoms with Gasteiger partial charge in [-0.05, 0) is 37.1 Å². The minimum atomic E-state index is -0.470. The van der Waals surface area contributed by atoms with Gasteiger partial charge in [0, 0.05) is 43.6 Å². The molecule has 0 bridgehead atoms. The summed E-state index contributed by atoms with van der Waals surface area (Å²) in [5.74, 6) is 0.258. The Balaban J connectivity index is 2.48. The number of anilines is 2. The highest BCUT2D eigenvalue weighted by Crippen LogP contribution is 2.33. The fourth-order valence-electron chi connectivity index (χ4n) is 2.84. The molecule has 6 heteroatoms. The van der Waals surface area contributed by atoms with Gasteiger partial charge >= 0.3 is 5.97 Å². The predicted molar refractivity (Wildman–Crippen MR) is 105 cm³/mol. The molecule has 0 aliphatic carbocycles. The van der Waals surface area contributed by atoms with Crippen LogP contribution in [0.3, 0.4) is 0 Å². The average Bonchev–Trinajstić information content (AvgIpc) is 2.61. The number of ether oxygens (including phenoxy) is 3. The van der Waals surface area contributed by atoms with Gasteiger partial charge in [0.1, 0.15) is 17.6 Å². The number of phenolic OH excluding ortho intramolecular Hbond substituents is 1. The molecule has 2 aromatic carbocycles. The number of aromatic hydroxyl groups is 1. The fourth-order valence-corrected chi connectivity index (χ4v) is 2.84. The van der Waals surface area contributed by atoms with E-state index in [0.29, 0.717) is 12.3 Å². The van der Waals surface area contributed by atoms with Gasteiger partial charge in [0.15, 0.2) is 0 Å². The summed E-state index contributed by atoms with van der Waals surface area (Å²) in [6.07, 6.45) is -0.470. The molecule has 0 saturated carbocycles. The van der Waals surface area contributed by atoms with Crippen molar-refractivity contribution >= 4 is 17.3 Å². The third-order valence-electron chi connectivity index (χ3n) is 4.30. The molecule has 0 radical (unpaired) electrons. The van der Waals surface area contributed by atoms with Crippen molar-refractivity contribution in [1.29, 1.82) is 0 Å². The highest BCUT2D eigenvalue weighted by molar-refractivity contribution is 5.68. The second kappa shape index (κ2) is 9.28. The summed E-state index contributed by atoms with van der Waals surface area (Å²) in [6.45, 7) is 6.09. The first kappa shape index (κ1) is 20.6. The molecule has 0 aliphatic rings. The van der Waals surface area contributed by atoms with Crippen LogP contribution in [0.5, 0.6) is 11.5 Å². The van der Waals surface area contributed by atoms with E-state index < -0.39 is 6.10 Å². The Hall–Kier alpha value is -2.73.